The van der Waals surface area contributed by atoms with Gasteiger partial charge in [-0.1, -0.05) is 49.1 Å². The average molecular weight is 313 g/mol. The summed E-state index contributed by atoms with van der Waals surface area (Å²) in [6.45, 7) is 0. The summed E-state index contributed by atoms with van der Waals surface area (Å²) in [4.78, 5) is 9.33. The molecule has 5 heteroatoms. The van der Waals surface area contributed by atoms with Crippen LogP contribution in [0.15, 0.2) is 36.5 Å². The quantitative estimate of drug-likeness (QED) is 0.654. The van der Waals surface area contributed by atoms with Crippen LogP contribution >= 0.6 is 11.6 Å². The number of hydrogen-bond donors (Lipinski definition) is 0. The Morgan fingerprint density at radius 3 is 2.55 bits per heavy atom. The number of rotatable bonds is 2. The second-order valence-electron chi connectivity index (χ2n) is 5.84. The van der Waals surface area contributed by atoms with Crippen LogP contribution < -0.4 is 0 Å². The van der Waals surface area contributed by atoms with E-state index in [0.29, 0.717) is 11.1 Å². The van der Waals surface area contributed by atoms with E-state index in [-0.39, 0.29) is 0 Å². The Hall–Kier alpha value is -1.94. The maximum Gasteiger partial charge on any atom is 0.168 e. The fraction of sp³-hybridized carbons (Fsp3) is 0.353. The third kappa shape index (κ3) is 2.37. The molecular formula is C17H17ClN4. The molecule has 0 spiro atoms. The molecule has 0 N–H and O–H groups in total. The maximum atomic E-state index is 6.38. The van der Waals surface area contributed by atoms with E-state index >= 15 is 0 Å². The first-order valence-corrected chi connectivity index (χ1v) is 8.17. The summed E-state index contributed by atoms with van der Waals surface area (Å²) in [6.07, 6.45) is 7.87. The number of aromatic nitrogens is 4. The second-order valence-corrected chi connectivity index (χ2v) is 6.19. The number of hydrogen-bond acceptors (Lipinski definition) is 3. The van der Waals surface area contributed by atoms with Crippen molar-refractivity contribution in [1.29, 1.82) is 0 Å². The Bertz CT molecular complexity index is 791. The van der Waals surface area contributed by atoms with E-state index in [4.69, 9.17) is 16.6 Å². The Kier molecular flexibility index (Phi) is 3.54. The zero-order valence-electron chi connectivity index (χ0n) is 12.2. The zero-order valence-corrected chi connectivity index (χ0v) is 13.0. The molecule has 1 aliphatic rings. The lowest BCUT2D eigenvalue weighted by atomic mass is 9.89. The molecule has 0 saturated heterocycles. The molecule has 0 bridgehead atoms. The van der Waals surface area contributed by atoms with Crippen molar-refractivity contribution in [2.75, 3.05) is 0 Å². The minimum Gasteiger partial charge on any atom is -0.220 e. The van der Waals surface area contributed by atoms with Crippen LogP contribution in [0.3, 0.4) is 0 Å². The highest BCUT2D eigenvalue weighted by atomic mass is 35.5. The minimum atomic E-state index is 0.426. The predicted octanol–water partition coefficient (Wildman–Crippen LogP) is 4.52. The summed E-state index contributed by atoms with van der Waals surface area (Å²) >= 11 is 6.38. The standard InChI is InChI=1S/C17H17ClN4/c18-15-14-11-19-22(13-9-5-2-6-10-13)17(14)21-16(20-15)12-7-3-1-4-8-12/h2,5-6,9-12H,1,3-4,7-8H2. The lowest BCUT2D eigenvalue weighted by molar-refractivity contribution is 0.429. The lowest BCUT2D eigenvalue weighted by Gasteiger charge is -2.20. The number of nitrogens with zero attached hydrogens (tertiary/aromatic N) is 4. The van der Waals surface area contributed by atoms with Crippen molar-refractivity contribution in [2.24, 2.45) is 0 Å². The van der Waals surface area contributed by atoms with Crippen LogP contribution in [0.25, 0.3) is 16.7 Å². The fourth-order valence-electron chi connectivity index (χ4n) is 3.19. The second kappa shape index (κ2) is 5.69. The van der Waals surface area contributed by atoms with Crippen molar-refractivity contribution in [3.8, 4) is 5.69 Å². The summed E-state index contributed by atoms with van der Waals surface area (Å²) in [5, 5.41) is 5.76. The molecule has 1 fully saturated rings. The molecule has 1 aliphatic carbocycles. The van der Waals surface area contributed by atoms with Gasteiger partial charge in [0.15, 0.2) is 5.65 Å². The van der Waals surface area contributed by atoms with Crippen LogP contribution in [0.2, 0.25) is 5.15 Å². The van der Waals surface area contributed by atoms with Crippen LogP contribution in [-0.4, -0.2) is 19.7 Å². The summed E-state index contributed by atoms with van der Waals surface area (Å²) in [5.74, 6) is 1.30. The number of benzene rings is 1. The van der Waals surface area contributed by atoms with Crippen molar-refractivity contribution in [3.05, 3.63) is 47.5 Å². The first-order chi connectivity index (χ1) is 10.8. The third-order valence-electron chi connectivity index (χ3n) is 4.37. The Morgan fingerprint density at radius 1 is 1.00 bits per heavy atom. The highest BCUT2D eigenvalue weighted by Crippen LogP contribution is 2.33. The molecule has 0 amide bonds. The lowest BCUT2D eigenvalue weighted by Crippen LogP contribution is -2.10. The Balaban J connectivity index is 1.84. The molecule has 0 atom stereocenters. The van der Waals surface area contributed by atoms with Gasteiger partial charge in [0, 0.05) is 5.92 Å². The van der Waals surface area contributed by atoms with E-state index in [9.17, 15) is 0 Å². The number of fused-ring (bicyclic) bond motifs is 1. The van der Waals surface area contributed by atoms with Gasteiger partial charge in [0.1, 0.15) is 11.0 Å². The van der Waals surface area contributed by atoms with Crippen LogP contribution in [0, 0.1) is 0 Å². The van der Waals surface area contributed by atoms with E-state index in [1.807, 2.05) is 35.0 Å². The smallest absolute Gasteiger partial charge is 0.168 e. The first kappa shape index (κ1) is 13.7. The van der Waals surface area contributed by atoms with Gasteiger partial charge in [0.25, 0.3) is 0 Å². The van der Waals surface area contributed by atoms with Gasteiger partial charge in [0.05, 0.1) is 17.3 Å². The molecule has 3 aromatic rings. The van der Waals surface area contributed by atoms with Gasteiger partial charge < -0.3 is 0 Å². The van der Waals surface area contributed by atoms with E-state index in [1.165, 1.54) is 19.3 Å². The molecule has 0 aliphatic heterocycles. The SMILES string of the molecule is Clc1nc(C2CCCCC2)nc2c1cnn2-c1ccccc1. The molecule has 1 saturated carbocycles. The molecule has 112 valence electrons. The zero-order chi connectivity index (χ0) is 14.9. The minimum absolute atomic E-state index is 0.426. The van der Waals surface area contributed by atoms with Gasteiger partial charge in [0.2, 0.25) is 0 Å². The number of halogens is 1. The van der Waals surface area contributed by atoms with E-state index in [0.717, 1.165) is 35.4 Å². The highest BCUT2D eigenvalue weighted by molar-refractivity contribution is 6.33. The molecule has 2 aromatic heterocycles. The van der Waals surface area contributed by atoms with Crippen molar-refractivity contribution in [3.63, 3.8) is 0 Å². The van der Waals surface area contributed by atoms with E-state index in [1.54, 1.807) is 6.20 Å². The van der Waals surface area contributed by atoms with Crippen molar-refractivity contribution in [2.45, 2.75) is 38.0 Å². The molecule has 4 nitrogen and oxygen atoms in total. The fourth-order valence-corrected chi connectivity index (χ4v) is 3.41. The van der Waals surface area contributed by atoms with Gasteiger partial charge >= 0.3 is 0 Å². The maximum absolute atomic E-state index is 6.38. The van der Waals surface area contributed by atoms with E-state index < -0.39 is 0 Å². The first-order valence-electron chi connectivity index (χ1n) is 7.79. The van der Waals surface area contributed by atoms with Gasteiger partial charge in [-0.25, -0.2) is 14.6 Å². The topological polar surface area (TPSA) is 43.6 Å². The van der Waals surface area contributed by atoms with Crippen LogP contribution in [0.5, 0.6) is 0 Å². The van der Waals surface area contributed by atoms with Gasteiger partial charge in [-0.3, -0.25) is 0 Å². The van der Waals surface area contributed by atoms with Crippen LogP contribution in [0.4, 0.5) is 0 Å². The summed E-state index contributed by atoms with van der Waals surface area (Å²) in [5.41, 5.74) is 1.79. The van der Waals surface area contributed by atoms with Crippen LogP contribution in [-0.2, 0) is 0 Å². The van der Waals surface area contributed by atoms with Crippen molar-refractivity contribution < 1.29 is 0 Å². The highest BCUT2D eigenvalue weighted by Gasteiger charge is 2.21. The molecule has 22 heavy (non-hydrogen) atoms. The predicted molar refractivity (Wildman–Crippen MR) is 87.5 cm³/mol. The summed E-state index contributed by atoms with van der Waals surface area (Å²) in [7, 11) is 0. The van der Waals surface area contributed by atoms with Crippen molar-refractivity contribution >= 4 is 22.6 Å². The monoisotopic (exact) mass is 312 g/mol. The summed E-state index contributed by atoms with van der Waals surface area (Å²) < 4.78 is 1.84. The molecule has 2 heterocycles. The van der Waals surface area contributed by atoms with E-state index in [2.05, 4.69) is 10.1 Å². The molecule has 0 radical (unpaired) electrons. The normalized spacial score (nSPS) is 16.2. The largest absolute Gasteiger partial charge is 0.220 e. The molecule has 4 rings (SSSR count). The van der Waals surface area contributed by atoms with Crippen LogP contribution in [0.1, 0.15) is 43.8 Å². The summed E-state index contributed by atoms with van der Waals surface area (Å²) in [6, 6.07) is 10.0. The molecule has 1 aromatic carbocycles. The Labute approximate surface area is 134 Å². The number of para-hydroxylation sites is 1. The van der Waals surface area contributed by atoms with Gasteiger partial charge in [-0.05, 0) is 25.0 Å². The van der Waals surface area contributed by atoms with Gasteiger partial charge in [-0.2, -0.15) is 5.10 Å². The molecular weight excluding hydrogens is 296 g/mol. The molecule has 0 unspecified atom stereocenters. The third-order valence-corrected chi connectivity index (χ3v) is 4.66. The van der Waals surface area contributed by atoms with Gasteiger partial charge in [-0.15, -0.1) is 0 Å². The Morgan fingerprint density at radius 2 is 1.77 bits per heavy atom. The average Bonchev–Trinajstić information content (AvgIpc) is 3.01. The van der Waals surface area contributed by atoms with Crippen molar-refractivity contribution in [1.82, 2.24) is 19.7 Å².